The molecule has 240 valence electrons. The molecule has 18 nitrogen and oxygen atoms in total. The van der Waals surface area contributed by atoms with E-state index in [4.69, 9.17) is 15.2 Å². The first-order chi connectivity index (χ1) is 19.8. The SMILES string of the molecule is C=C/C(N)=C\C=C\OCCn1cc[n+](C)c1.C=CC(C/C(=C/OCC[n+]1cc[nH]c1)[N+](=O)[O-])[N+](=O)[O-].COS(=O)(=O)[O-].N. The fraction of sp³-hybridized carbons (Fsp3) is 0.333. The number of allylic oxidation sites excluding steroid dienone is 3. The third-order valence-corrected chi connectivity index (χ3v) is 5.09. The Kier molecular flexibility index (Phi) is 21.4. The van der Waals surface area contributed by atoms with Gasteiger partial charge in [0.25, 0.3) is 5.70 Å². The molecule has 0 saturated heterocycles. The first-order valence-corrected chi connectivity index (χ1v) is 13.3. The largest absolute Gasteiger partial charge is 0.726 e. The molecule has 2 aromatic heterocycles. The van der Waals surface area contributed by atoms with Crippen molar-refractivity contribution in [3.63, 3.8) is 0 Å². The van der Waals surface area contributed by atoms with Crippen molar-refractivity contribution >= 4 is 10.4 Å². The summed E-state index contributed by atoms with van der Waals surface area (Å²) in [5.74, 6) is 0. The van der Waals surface area contributed by atoms with E-state index in [1.54, 1.807) is 47.8 Å². The average Bonchev–Trinajstić information content (AvgIpc) is 3.61. The Labute approximate surface area is 249 Å². The van der Waals surface area contributed by atoms with Crippen LogP contribution in [0.3, 0.4) is 0 Å². The number of imidazole rings is 2. The van der Waals surface area contributed by atoms with E-state index in [0.29, 0.717) is 18.8 Å². The summed E-state index contributed by atoms with van der Waals surface area (Å²) in [6.07, 6.45) is 19.6. The second-order valence-corrected chi connectivity index (χ2v) is 8.99. The second-order valence-electron chi connectivity index (χ2n) is 7.84. The lowest BCUT2D eigenvalue weighted by Gasteiger charge is -2.03. The number of nitrogens with zero attached hydrogens (tertiary/aromatic N) is 5. The number of nitrogens with two attached hydrogens (primary N) is 1. The van der Waals surface area contributed by atoms with Crippen molar-refractivity contribution in [1.29, 1.82) is 0 Å². The van der Waals surface area contributed by atoms with Crippen molar-refractivity contribution in [2.45, 2.75) is 25.6 Å². The number of aromatic amines is 1. The van der Waals surface area contributed by atoms with Crippen molar-refractivity contribution in [2.24, 2.45) is 12.8 Å². The maximum Gasteiger partial charge on any atom is 0.287 e. The Morgan fingerprint density at radius 2 is 1.88 bits per heavy atom. The fourth-order valence-electron chi connectivity index (χ4n) is 2.53. The van der Waals surface area contributed by atoms with Gasteiger partial charge in [0.15, 0.2) is 6.26 Å². The zero-order valence-corrected chi connectivity index (χ0v) is 24.8. The van der Waals surface area contributed by atoms with Crippen LogP contribution < -0.4 is 21.0 Å². The van der Waals surface area contributed by atoms with Gasteiger partial charge in [-0.25, -0.2) is 22.1 Å². The molecule has 0 amide bonds. The number of rotatable bonds is 16. The molecule has 2 rings (SSSR count). The predicted octanol–water partition coefficient (Wildman–Crippen LogP) is 0.785. The van der Waals surface area contributed by atoms with E-state index in [2.05, 4.69) is 26.9 Å². The summed E-state index contributed by atoms with van der Waals surface area (Å²) >= 11 is 0. The molecule has 0 radical (unpaired) electrons. The van der Waals surface area contributed by atoms with E-state index < -0.39 is 26.3 Å². The van der Waals surface area contributed by atoms with E-state index in [-0.39, 0.29) is 24.9 Å². The highest BCUT2D eigenvalue weighted by atomic mass is 32.3. The number of H-pyrrole nitrogens is 1. The van der Waals surface area contributed by atoms with Crippen LogP contribution in [0.2, 0.25) is 0 Å². The minimum absolute atomic E-state index is 0. The molecule has 0 aliphatic rings. The fourth-order valence-corrected chi connectivity index (χ4v) is 2.53. The molecule has 0 bridgehead atoms. The van der Waals surface area contributed by atoms with Gasteiger partial charge in [0.05, 0.1) is 25.3 Å². The Morgan fingerprint density at radius 1 is 1.21 bits per heavy atom. The van der Waals surface area contributed by atoms with Crippen LogP contribution in [-0.4, -0.2) is 58.7 Å². The minimum atomic E-state index is -4.41. The van der Waals surface area contributed by atoms with E-state index in [1.807, 2.05) is 30.3 Å². The van der Waals surface area contributed by atoms with Crippen LogP contribution in [0.25, 0.3) is 0 Å². The molecule has 0 aromatic carbocycles. The third kappa shape index (κ3) is 21.6. The first kappa shape index (κ1) is 40.3. The summed E-state index contributed by atoms with van der Waals surface area (Å²) in [6, 6.07) is -1.20. The zero-order valence-electron chi connectivity index (χ0n) is 24.0. The molecule has 19 heteroatoms. The van der Waals surface area contributed by atoms with Crippen molar-refractivity contribution in [3.05, 3.63) is 119 Å². The summed E-state index contributed by atoms with van der Waals surface area (Å²) in [5.41, 5.74) is 5.78. The average molecular weight is 632 g/mol. The van der Waals surface area contributed by atoms with Crippen molar-refractivity contribution in [1.82, 2.24) is 15.7 Å². The summed E-state index contributed by atoms with van der Waals surface area (Å²) in [6.45, 7) is 9.01. The molecule has 2 aromatic rings. The van der Waals surface area contributed by atoms with Gasteiger partial charge >= 0.3 is 0 Å². The molecule has 1 atom stereocenters. The summed E-state index contributed by atoms with van der Waals surface area (Å²) in [7, 11) is -1.62. The van der Waals surface area contributed by atoms with Crippen molar-refractivity contribution < 1.29 is 45.6 Å². The number of hydrogen-bond donors (Lipinski definition) is 3. The van der Waals surface area contributed by atoms with Gasteiger partial charge < -0.3 is 25.9 Å². The Hall–Kier alpha value is -4.85. The molecule has 0 fully saturated rings. The molecule has 43 heavy (non-hydrogen) atoms. The van der Waals surface area contributed by atoms with E-state index in [1.165, 1.54) is 0 Å². The number of nitrogens with one attached hydrogen (secondary N) is 1. The van der Waals surface area contributed by atoms with Gasteiger partial charge in [-0.1, -0.05) is 13.2 Å². The van der Waals surface area contributed by atoms with E-state index in [0.717, 1.165) is 26.0 Å². The summed E-state index contributed by atoms with van der Waals surface area (Å²) in [5, 5.41) is 21.4. The lowest BCUT2D eigenvalue weighted by atomic mass is 10.2. The molecular formula is C24H39N8O10S+. The van der Waals surface area contributed by atoms with Gasteiger partial charge in [-0.15, -0.1) is 0 Å². The topological polar surface area (TPSA) is 261 Å². The highest BCUT2D eigenvalue weighted by molar-refractivity contribution is 7.80. The second kappa shape index (κ2) is 22.8. The van der Waals surface area contributed by atoms with Crippen LogP contribution in [-0.2, 0) is 44.2 Å². The lowest BCUT2D eigenvalue weighted by Crippen LogP contribution is -2.32. The number of ether oxygens (including phenoxy) is 2. The van der Waals surface area contributed by atoms with Crippen LogP contribution in [0.5, 0.6) is 0 Å². The highest BCUT2D eigenvalue weighted by Crippen LogP contribution is 2.10. The van der Waals surface area contributed by atoms with Crippen molar-refractivity contribution in [2.75, 3.05) is 20.3 Å². The molecule has 0 spiro atoms. The third-order valence-electron chi connectivity index (χ3n) is 4.68. The van der Waals surface area contributed by atoms with Crippen LogP contribution in [0.15, 0.2) is 98.8 Å². The van der Waals surface area contributed by atoms with Gasteiger partial charge in [0, 0.05) is 10.6 Å². The number of nitro groups is 2. The van der Waals surface area contributed by atoms with Crippen LogP contribution in [0.4, 0.5) is 0 Å². The van der Waals surface area contributed by atoms with Gasteiger partial charge in [-0.3, -0.25) is 29.4 Å². The summed E-state index contributed by atoms with van der Waals surface area (Å²) < 4.78 is 47.2. The monoisotopic (exact) mass is 631 g/mol. The van der Waals surface area contributed by atoms with Crippen LogP contribution >= 0.6 is 0 Å². The molecule has 2 heterocycles. The number of aromatic nitrogens is 4. The van der Waals surface area contributed by atoms with E-state index in [9.17, 15) is 33.2 Å². The molecule has 0 aliphatic carbocycles. The number of hydrogen-bond acceptors (Lipinski definition) is 12. The zero-order chi connectivity index (χ0) is 32.0. The van der Waals surface area contributed by atoms with Gasteiger partial charge in [-0.2, -0.15) is 0 Å². The quantitative estimate of drug-likeness (QED) is 0.0267. The minimum Gasteiger partial charge on any atom is -0.726 e. The molecule has 0 saturated carbocycles. The molecular weight excluding hydrogens is 592 g/mol. The lowest BCUT2D eigenvalue weighted by molar-refractivity contribution is -0.696. The Bertz CT molecular complexity index is 1310. The van der Waals surface area contributed by atoms with Crippen molar-refractivity contribution in [3.8, 4) is 0 Å². The smallest absolute Gasteiger partial charge is 0.287 e. The van der Waals surface area contributed by atoms with Crippen LogP contribution in [0, 0.1) is 20.2 Å². The maximum atomic E-state index is 10.8. The molecule has 6 N–H and O–H groups in total. The maximum absolute atomic E-state index is 10.8. The normalized spacial score (nSPS) is 12.0. The Morgan fingerprint density at radius 3 is 2.35 bits per heavy atom. The standard InChI is InChI=1S/C12H18N3O.C11H14N4O5.CH4O4S.H3N/c1-3-12(13)5-4-9-16-10-8-15-7-6-14(2)11-15;1-2-10(14(16)17)7-11(15(18)19)8-20-6-5-13-4-3-12-9-13;1-5-6(2,3)4;/h3-7,9,11H,1,8,10,13H2,2H3;2-4,8-10H,1,5-7H2;1H3,(H,2,3,4);1H3/q+1;;;/b9-4+,12-5+;11-8-;;. The van der Waals surface area contributed by atoms with Gasteiger partial charge in [0.1, 0.15) is 57.5 Å². The van der Waals surface area contributed by atoms with E-state index >= 15 is 0 Å². The highest BCUT2D eigenvalue weighted by Gasteiger charge is 2.25. The van der Waals surface area contributed by atoms with Gasteiger partial charge in [0.2, 0.25) is 29.1 Å². The molecule has 0 aliphatic heterocycles. The predicted molar refractivity (Wildman–Crippen MR) is 153 cm³/mol. The first-order valence-electron chi connectivity index (χ1n) is 11.9. The summed E-state index contributed by atoms with van der Waals surface area (Å²) in [4.78, 5) is 22.9. The number of aryl methyl sites for hydroxylation is 1. The van der Waals surface area contributed by atoms with Crippen LogP contribution in [0.1, 0.15) is 6.42 Å². The molecule has 1 unspecified atom stereocenters. The van der Waals surface area contributed by atoms with Gasteiger partial charge in [-0.05, 0) is 24.3 Å². The Balaban J connectivity index is 0.